The Hall–Kier alpha value is -1.01. The molecule has 108 valence electrons. The van der Waals surface area contributed by atoms with Gasteiger partial charge < -0.3 is 4.98 Å². The molecule has 0 radical (unpaired) electrons. The summed E-state index contributed by atoms with van der Waals surface area (Å²) in [5.74, 6) is 0. The van der Waals surface area contributed by atoms with Crippen molar-refractivity contribution in [2.24, 2.45) is 0 Å². The third kappa shape index (κ3) is 2.97. The van der Waals surface area contributed by atoms with E-state index in [1.165, 1.54) is 0 Å². The van der Waals surface area contributed by atoms with Crippen molar-refractivity contribution in [1.29, 1.82) is 0 Å². The molecule has 21 heavy (non-hydrogen) atoms. The number of H-pyrrole nitrogens is 1. The Balaban J connectivity index is 1.97. The van der Waals surface area contributed by atoms with Crippen molar-refractivity contribution in [3.8, 4) is 0 Å². The van der Waals surface area contributed by atoms with Gasteiger partial charge in [0.15, 0.2) is 0 Å². The van der Waals surface area contributed by atoms with Gasteiger partial charge >= 0.3 is 0 Å². The number of aromatic amines is 1. The highest BCUT2D eigenvalue weighted by atomic mass is 79.9. The summed E-state index contributed by atoms with van der Waals surface area (Å²) in [6, 6.07) is 10.8. The highest BCUT2D eigenvalue weighted by Crippen LogP contribution is 2.35. The second kappa shape index (κ2) is 6.01. The first-order valence-corrected chi connectivity index (χ1v) is 8.65. The summed E-state index contributed by atoms with van der Waals surface area (Å²) in [7, 11) is -1.37. The molecule has 0 spiro atoms. The molecule has 1 unspecified atom stereocenters. The quantitative estimate of drug-likeness (QED) is 0.606. The number of hydrogen-bond acceptors (Lipinski definition) is 1. The van der Waals surface area contributed by atoms with Gasteiger partial charge in [0.05, 0.1) is 26.1 Å². The number of anilines is 1. The summed E-state index contributed by atoms with van der Waals surface area (Å²) >= 11 is 15.6. The van der Waals surface area contributed by atoms with E-state index >= 15 is 0 Å². The maximum Gasteiger partial charge on any atom is 0.150 e. The first-order chi connectivity index (χ1) is 10.1. The Morgan fingerprint density at radius 2 is 1.76 bits per heavy atom. The maximum atomic E-state index is 12.4. The van der Waals surface area contributed by atoms with Gasteiger partial charge in [-0.3, -0.25) is 4.72 Å². The lowest BCUT2D eigenvalue weighted by Gasteiger charge is -2.08. The Bertz CT molecular complexity index is 833. The summed E-state index contributed by atoms with van der Waals surface area (Å²) in [4.78, 5) is 3.72. The van der Waals surface area contributed by atoms with E-state index in [-0.39, 0.29) is 0 Å². The lowest BCUT2D eigenvalue weighted by molar-refractivity contribution is 0.686. The number of halogens is 3. The third-order valence-electron chi connectivity index (χ3n) is 2.97. The molecule has 0 saturated heterocycles. The zero-order valence-corrected chi connectivity index (χ0v) is 14.4. The second-order valence-corrected chi connectivity index (χ2v) is 7.25. The van der Waals surface area contributed by atoms with Crippen molar-refractivity contribution in [3.05, 3.63) is 57.1 Å². The van der Waals surface area contributed by atoms with Crippen LogP contribution in [0.1, 0.15) is 0 Å². The number of fused-ring (bicyclic) bond motifs is 1. The minimum Gasteiger partial charge on any atom is -0.358 e. The molecule has 2 aromatic carbocycles. The van der Waals surface area contributed by atoms with Gasteiger partial charge in [-0.05, 0) is 36.4 Å². The number of aromatic nitrogens is 1. The van der Waals surface area contributed by atoms with Crippen LogP contribution in [0.4, 0.5) is 5.69 Å². The average molecular weight is 404 g/mol. The predicted octanol–water partition coefficient (Wildman–Crippen LogP) is 5.37. The molecule has 3 aromatic rings. The van der Waals surface area contributed by atoms with Crippen LogP contribution < -0.4 is 4.72 Å². The lowest BCUT2D eigenvalue weighted by Crippen LogP contribution is -2.05. The zero-order chi connectivity index (χ0) is 15.0. The summed E-state index contributed by atoms with van der Waals surface area (Å²) in [5, 5.41) is 1.81. The van der Waals surface area contributed by atoms with Gasteiger partial charge in [-0.1, -0.05) is 39.1 Å². The van der Waals surface area contributed by atoms with Crippen LogP contribution in [0.5, 0.6) is 0 Å². The molecule has 3 rings (SSSR count). The van der Waals surface area contributed by atoms with E-state index in [4.69, 9.17) is 23.2 Å². The number of benzene rings is 2. The maximum absolute atomic E-state index is 12.4. The molecule has 0 bridgehead atoms. The fourth-order valence-electron chi connectivity index (χ4n) is 1.97. The summed E-state index contributed by atoms with van der Waals surface area (Å²) in [5.41, 5.74) is 1.42. The molecular formula is C14H9BrCl2N2OS. The average Bonchev–Trinajstić information content (AvgIpc) is 2.86. The van der Waals surface area contributed by atoms with Gasteiger partial charge in [0.1, 0.15) is 11.0 Å². The van der Waals surface area contributed by atoms with Crippen LogP contribution >= 0.6 is 39.1 Å². The number of hydrogen-bond donors (Lipinski definition) is 2. The van der Waals surface area contributed by atoms with E-state index < -0.39 is 11.0 Å². The molecule has 0 fully saturated rings. The summed E-state index contributed by atoms with van der Waals surface area (Å²) in [6.07, 6.45) is 1.66. The van der Waals surface area contributed by atoms with Crippen LogP contribution in [0.3, 0.4) is 0 Å². The van der Waals surface area contributed by atoms with E-state index in [0.29, 0.717) is 20.6 Å². The first-order valence-electron chi connectivity index (χ1n) is 5.95. The SMILES string of the molecule is O=S(Nc1ccc(Cl)c2c(Cl)c[nH]c12)c1ccc(Br)cc1. The van der Waals surface area contributed by atoms with E-state index in [9.17, 15) is 4.21 Å². The predicted molar refractivity (Wildman–Crippen MR) is 92.5 cm³/mol. The lowest BCUT2D eigenvalue weighted by atomic mass is 10.2. The molecule has 0 amide bonds. The van der Waals surface area contributed by atoms with Crippen molar-refractivity contribution < 1.29 is 4.21 Å². The Morgan fingerprint density at radius 1 is 1.05 bits per heavy atom. The summed E-state index contributed by atoms with van der Waals surface area (Å²) < 4.78 is 16.3. The van der Waals surface area contributed by atoms with Crippen molar-refractivity contribution in [1.82, 2.24) is 4.98 Å². The molecule has 1 atom stereocenters. The van der Waals surface area contributed by atoms with Crippen LogP contribution in [0, 0.1) is 0 Å². The Morgan fingerprint density at radius 3 is 2.48 bits per heavy atom. The largest absolute Gasteiger partial charge is 0.358 e. The molecule has 1 heterocycles. The fourth-order valence-corrected chi connectivity index (χ4v) is 3.66. The molecule has 3 nitrogen and oxygen atoms in total. The van der Waals surface area contributed by atoms with E-state index in [2.05, 4.69) is 25.6 Å². The van der Waals surface area contributed by atoms with Gasteiger partial charge in [0, 0.05) is 16.1 Å². The van der Waals surface area contributed by atoms with E-state index in [1.807, 2.05) is 12.1 Å². The Kier molecular flexibility index (Phi) is 4.26. The van der Waals surface area contributed by atoms with Crippen LogP contribution in [-0.4, -0.2) is 9.19 Å². The highest BCUT2D eigenvalue weighted by molar-refractivity contribution is 9.10. The van der Waals surface area contributed by atoms with E-state index in [0.717, 1.165) is 15.4 Å². The van der Waals surface area contributed by atoms with Crippen molar-refractivity contribution in [2.45, 2.75) is 4.90 Å². The normalized spacial score (nSPS) is 12.5. The van der Waals surface area contributed by atoms with Gasteiger partial charge in [-0.25, -0.2) is 4.21 Å². The van der Waals surface area contributed by atoms with Gasteiger partial charge in [0.25, 0.3) is 0 Å². The van der Waals surface area contributed by atoms with Crippen LogP contribution in [0.25, 0.3) is 10.9 Å². The molecule has 1 aromatic heterocycles. The molecule has 0 aliphatic heterocycles. The first kappa shape index (κ1) is 14.9. The fraction of sp³-hybridized carbons (Fsp3) is 0. The number of nitrogens with one attached hydrogen (secondary N) is 2. The van der Waals surface area contributed by atoms with Crippen molar-refractivity contribution >= 4 is 66.7 Å². The monoisotopic (exact) mass is 402 g/mol. The van der Waals surface area contributed by atoms with Crippen molar-refractivity contribution in [3.63, 3.8) is 0 Å². The second-order valence-electron chi connectivity index (χ2n) is 4.31. The molecule has 7 heteroatoms. The highest BCUT2D eigenvalue weighted by Gasteiger charge is 2.12. The number of rotatable bonds is 3. The minimum absolute atomic E-state index is 0.535. The van der Waals surface area contributed by atoms with Gasteiger partial charge in [0.2, 0.25) is 0 Å². The molecule has 2 N–H and O–H groups in total. The van der Waals surface area contributed by atoms with Gasteiger partial charge in [-0.15, -0.1) is 0 Å². The minimum atomic E-state index is -1.37. The van der Waals surface area contributed by atoms with E-state index in [1.54, 1.807) is 30.5 Å². The summed E-state index contributed by atoms with van der Waals surface area (Å²) in [6.45, 7) is 0. The van der Waals surface area contributed by atoms with Crippen molar-refractivity contribution in [2.75, 3.05) is 4.72 Å². The zero-order valence-electron chi connectivity index (χ0n) is 10.5. The topological polar surface area (TPSA) is 44.9 Å². The Labute approximate surface area is 142 Å². The smallest absolute Gasteiger partial charge is 0.150 e. The van der Waals surface area contributed by atoms with Gasteiger partial charge in [-0.2, -0.15) is 0 Å². The molecule has 0 saturated carbocycles. The molecule has 0 aliphatic carbocycles. The molecular weight excluding hydrogens is 395 g/mol. The van der Waals surface area contributed by atoms with Crippen LogP contribution in [-0.2, 0) is 11.0 Å². The van der Waals surface area contributed by atoms with Crippen LogP contribution in [0.2, 0.25) is 10.0 Å². The third-order valence-corrected chi connectivity index (χ3v) is 5.21. The molecule has 0 aliphatic rings. The van der Waals surface area contributed by atoms with Crippen LogP contribution in [0.15, 0.2) is 52.0 Å². The standard InChI is InChI=1S/C14H9BrCl2N2OS/c15-8-1-3-9(4-2-8)21(20)19-12-6-5-10(16)13-11(17)7-18-14(12)13/h1-7,18-19H.